The van der Waals surface area contributed by atoms with Gasteiger partial charge in [0.1, 0.15) is 0 Å². The smallest absolute Gasteiger partial charge is 0.0331 e. The Kier molecular flexibility index (Phi) is 3.50. The molecule has 0 N–H and O–H groups in total. The molecule has 0 saturated carbocycles. The fourth-order valence-corrected chi connectivity index (χ4v) is 1.63. The van der Waals surface area contributed by atoms with Crippen molar-refractivity contribution in [2.24, 2.45) is 0 Å². The highest BCUT2D eigenvalue weighted by molar-refractivity contribution is 7.99. The van der Waals surface area contributed by atoms with Crippen LogP contribution in [0.15, 0.2) is 30.3 Å². The molecule has 0 heterocycles. The highest BCUT2D eigenvalue weighted by atomic mass is 32.2. The zero-order chi connectivity index (χ0) is 8.10. The van der Waals surface area contributed by atoms with Crippen molar-refractivity contribution in [3.63, 3.8) is 0 Å². The summed E-state index contributed by atoms with van der Waals surface area (Å²) in [5.41, 5.74) is 1.21. The standard InChI is InChI=1S/C10H12S/c1-3-11-9(2)10-7-5-4-6-8-10/h2,4-9H,3H2,1H3. The molecule has 2 radical (unpaired) electrons. The Labute approximate surface area is 73.0 Å². The molecule has 1 aromatic rings. The molecule has 0 fully saturated rings. The lowest BCUT2D eigenvalue weighted by atomic mass is 10.2. The highest BCUT2D eigenvalue weighted by Crippen LogP contribution is 2.26. The van der Waals surface area contributed by atoms with Crippen molar-refractivity contribution < 1.29 is 0 Å². The summed E-state index contributed by atoms with van der Waals surface area (Å²) in [4.78, 5) is 0. The minimum Gasteiger partial charge on any atom is -0.154 e. The van der Waals surface area contributed by atoms with Crippen molar-refractivity contribution >= 4 is 11.8 Å². The average Bonchev–Trinajstić information content (AvgIpc) is 2.07. The summed E-state index contributed by atoms with van der Waals surface area (Å²) in [6.07, 6.45) is 0. The van der Waals surface area contributed by atoms with Crippen LogP contribution in [0.4, 0.5) is 0 Å². The van der Waals surface area contributed by atoms with Gasteiger partial charge in [-0.15, -0.1) is 0 Å². The Hall–Kier alpha value is -0.430. The van der Waals surface area contributed by atoms with Crippen molar-refractivity contribution in [3.05, 3.63) is 42.8 Å². The van der Waals surface area contributed by atoms with Crippen LogP contribution in [0.5, 0.6) is 0 Å². The topological polar surface area (TPSA) is 0 Å². The summed E-state index contributed by atoms with van der Waals surface area (Å²) < 4.78 is 0. The molecule has 0 aliphatic carbocycles. The Morgan fingerprint density at radius 2 is 2.00 bits per heavy atom. The molecule has 0 nitrogen and oxygen atoms in total. The summed E-state index contributed by atoms with van der Waals surface area (Å²) in [6.45, 7) is 7.99. The van der Waals surface area contributed by atoms with Crippen molar-refractivity contribution in [3.8, 4) is 0 Å². The van der Waals surface area contributed by atoms with Crippen LogP contribution >= 0.6 is 11.8 Å². The Balaban J connectivity index is 2.61. The second kappa shape index (κ2) is 4.45. The molecule has 1 atom stereocenters. The highest BCUT2D eigenvalue weighted by Gasteiger charge is 2.02. The Bertz CT molecular complexity index is 193. The predicted octanol–water partition coefficient (Wildman–Crippen LogP) is 3.19. The van der Waals surface area contributed by atoms with Gasteiger partial charge in [0.25, 0.3) is 0 Å². The Morgan fingerprint density at radius 3 is 2.55 bits per heavy atom. The van der Waals surface area contributed by atoms with Gasteiger partial charge in [0.05, 0.1) is 0 Å². The first-order valence-corrected chi connectivity index (χ1v) is 4.81. The van der Waals surface area contributed by atoms with E-state index in [1.54, 1.807) is 11.8 Å². The van der Waals surface area contributed by atoms with Gasteiger partial charge < -0.3 is 0 Å². The largest absolute Gasteiger partial charge is 0.154 e. The van der Waals surface area contributed by atoms with Crippen LogP contribution in [0.2, 0.25) is 0 Å². The van der Waals surface area contributed by atoms with Crippen LogP contribution in [-0.4, -0.2) is 5.75 Å². The van der Waals surface area contributed by atoms with Crippen molar-refractivity contribution in [2.45, 2.75) is 12.2 Å². The van der Waals surface area contributed by atoms with Crippen LogP contribution < -0.4 is 0 Å². The van der Waals surface area contributed by atoms with Gasteiger partial charge in [0.15, 0.2) is 0 Å². The molecule has 1 heteroatoms. The van der Waals surface area contributed by atoms with E-state index in [-0.39, 0.29) is 5.25 Å². The van der Waals surface area contributed by atoms with E-state index in [9.17, 15) is 0 Å². The lowest BCUT2D eigenvalue weighted by Crippen LogP contribution is -1.87. The van der Waals surface area contributed by atoms with E-state index >= 15 is 0 Å². The predicted molar refractivity (Wildman–Crippen MR) is 51.6 cm³/mol. The van der Waals surface area contributed by atoms with Crippen molar-refractivity contribution in [2.75, 3.05) is 5.75 Å². The summed E-state index contributed by atoms with van der Waals surface area (Å²) in [5.74, 6) is 1.07. The van der Waals surface area contributed by atoms with E-state index in [0.29, 0.717) is 0 Å². The molecule has 0 spiro atoms. The van der Waals surface area contributed by atoms with E-state index < -0.39 is 0 Å². The van der Waals surface area contributed by atoms with Gasteiger partial charge in [0, 0.05) is 5.25 Å². The molecule has 1 rings (SSSR count). The maximum Gasteiger partial charge on any atom is 0.0331 e. The zero-order valence-electron chi connectivity index (χ0n) is 6.66. The van der Waals surface area contributed by atoms with E-state index in [1.807, 2.05) is 18.2 Å². The van der Waals surface area contributed by atoms with Gasteiger partial charge in [-0.3, -0.25) is 0 Å². The molecule has 11 heavy (non-hydrogen) atoms. The minimum atomic E-state index is 0.140. The summed E-state index contributed by atoms with van der Waals surface area (Å²) >= 11 is 1.76. The van der Waals surface area contributed by atoms with Crippen LogP contribution in [0.1, 0.15) is 17.7 Å². The third kappa shape index (κ3) is 2.58. The van der Waals surface area contributed by atoms with E-state index in [0.717, 1.165) is 5.75 Å². The second-order valence-corrected chi connectivity index (χ2v) is 3.71. The zero-order valence-corrected chi connectivity index (χ0v) is 7.47. The molecular formula is C10H12S. The fraction of sp³-hybridized carbons (Fsp3) is 0.300. The number of hydrogen-bond acceptors (Lipinski definition) is 1. The first kappa shape index (κ1) is 8.66. The summed E-state index contributed by atoms with van der Waals surface area (Å²) in [6, 6.07) is 10.2. The molecule has 0 aliphatic rings. The lowest BCUT2D eigenvalue weighted by molar-refractivity contribution is 1.22. The molecule has 0 aliphatic heterocycles. The number of thioether (sulfide) groups is 1. The van der Waals surface area contributed by atoms with Gasteiger partial charge in [-0.2, -0.15) is 11.8 Å². The second-order valence-electron chi connectivity index (χ2n) is 2.29. The number of hydrogen-bond donors (Lipinski definition) is 0. The number of benzene rings is 1. The fourth-order valence-electron chi connectivity index (χ4n) is 0.919. The first-order valence-electron chi connectivity index (χ1n) is 3.76. The van der Waals surface area contributed by atoms with E-state index in [4.69, 9.17) is 6.92 Å². The van der Waals surface area contributed by atoms with Gasteiger partial charge in [-0.25, -0.2) is 0 Å². The molecule has 0 aromatic heterocycles. The molecular weight excluding hydrogens is 152 g/mol. The number of rotatable bonds is 3. The van der Waals surface area contributed by atoms with Gasteiger partial charge in [0.2, 0.25) is 0 Å². The van der Waals surface area contributed by atoms with Gasteiger partial charge in [-0.1, -0.05) is 37.3 Å². The summed E-state index contributed by atoms with van der Waals surface area (Å²) in [7, 11) is 0. The van der Waals surface area contributed by atoms with Crippen LogP contribution in [0, 0.1) is 6.92 Å². The first-order chi connectivity index (χ1) is 5.34. The Morgan fingerprint density at radius 1 is 1.36 bits per heavy atom. The molecule has 1 aromatic carbocycles. The van der Waals surface area contributed by atoms with Crippen molar-refractivity contribution in [1.29, 1.82) is 0 Å². The lowest BCUT2D eigenvalue weighted by Gasteiger charge is -2.08. The maximum atomic E-state index is 5.87. The third-order valence-corrected chi connectivity index (χ3v) is 2.44. The normalized spacial score (nSPS) is 12.9. The monoisotopic (exact) mass is 164 g/mol. The SMILES string of the molecule is [CH]C(SCC)c1ccccc1. The quantitative estimate of drug-likeness (QED) is 0.661. The molecule has 1 unspecified atom stereocenters. The molecule has 58 valence electrons. The van der Waals surface area contributed by atoms with Crippen LogP contribution in [0.25, 0.3) is 0 Å². The van der Waals surface area contributed by atoms with Crippen LogP contribution in [-0.2, 0) is 0 Å². The minimum absolute atomic E-state index is 0.140. The molecule has 0 saturated heterocycles. The van der Waals surface area contributed by atoms with E-state index in [1.165, 1.54) is 5.56 Å². The maximum absolute atomic E-state index is 5.87. The van der Waals surface area contributed by atoms with Gasteiger partial charge in [-0.05, 0) is 18.2 Å². The van der Waals surface area contributed by atoms with Crippen LogP contribution in [0.3, 0.4) is 0 Å². The van der Waals surface area contributed by atoms with Gasteiger partial charge >= 0.3 is 0 Å². The van der Waals surface area contributed by atoms with E-state index in [2.05, 4.69) is 19.1 Å². The molecule has 0 amide bonds. The molecule has 0 bridgehead atoms. The van der Waals surface area contributed by atoms with Crippen molar-refractivity contribution in [1.82, 2.24) is 0 Å². The third-order valence-electron chi connectivity index (χ3n) is 1.47. The average molecular weight is 164 g/mol. The summed E-state index contributed by atoms with van der Waals surface area (Å²) in [5, 5.41) is 0.140.